The SMILES string of the molecule is C[C@H]1CN(c2c(NC(=O)c3ccc(F)c(-c4c(F)cccc4F)n3)cnc3c2CCC3O[Si](C)(C)C(C)(C)C)C[C@@H](NC(=O)OC(C)(C)C)[C@@H]1O. The first-order chi connectivity index (χ1) is 23.7. The number of piperidine rings is 1. The molecule has 2 aliphatic rings. The van der Waals surface area contributed by atoms with E-state index < -0.39 is 66.8 Å². The number of hydrogen-bond donors (Lipinski definition) is 3. The molecule has 0 radical (unpaired) electrons. The molecule has 1 aliphatic carbocycles. The maximum Gasteiger partial charge on any atom is 0.408 e. The Bertz CT molecular complexity index is 1790. The van der Waals surface area contributed by atoms with Crippen LogP contribution in [0.3, 0.4) is 0 Å². The molecule has 3 aromatic rings. The minimum Gasteiger partial charge on any atom is -0.444 e. The Hall–Kier alpha value is -4.01. The summed E-state index contributed by atoms with van der Waals surface area (Å²) < 4.78 is 56.4. The van der Waals surface area contributed by atoms with Gasteiger partial charge >= 0.3 is 6.09 Å². The number of carbonyl (C=O) groups is 2. The third kappa shape index (κ3) is 8.23. The van der Waals surface area contributed by atoms with Crippen LogP contribution in [-0.4, -0.2) is 66.2 Å². The average molecular weight is 728 g/mol. The zero-order valence-corrected chi connectivity index (χ0v) is 31.7. The number of hydrogen-bond acceptors (Lipinski definition) is 8. The number of halogens is 3. The van der Waals surface area contributed by atoms with E-state index in [4.69, 9.17) is 14.1 Å². The van der Waals surface area contributed by atoms with Gasteiger partial charge in [0.1, 0.15) is 34.4 Å². The topological polar surface area (TPSA) is 126 Å². The fourth-order valence-electron chi connectivity index (χ4n) is 6.29. The highest BCUT2D eigenvalue weighted by atomic mass is 28.4. The molecule has 3 N–H and O–H groups in total. The molecule has 2 amide bonds. The summed E-state index contributed by atoms with van der Waals surface area (Å²) in [5.41, 5.74) is 0.240. The van der Waals surface area contributed by atoms with Crippen LogP contribution in [0.2, 0.25) is 18.1 Å². The molecule has 1 aliphatic heterocycles. The van der Waals surface area contributed by atoms with E-state index in [0.29, 0.717) is 30.8 Å². The van der Waals surface area contributed by atoms with Crippen molar-refractivity contribution >= 4 is 31.7 Å². The van der Waals surface area contributed by atoms with Gasteiger partial charge in [0.25, 0.3) is 5.91 Å². The molecule has 4 atom stereocenters. The number of nitrogens with one attached hydrogen (secondary N) is 2. The summed E-state index contributed by atoms with van der Waals surface area (Å²) in [5, 5.41) is 16.8. The molecule has 0 bridgehead atoms. The number of aliphatic hydroxyl groups excluding tert-OH is 1. The quantitative estimate of drug-likeness (QED) is 0.213. The normalized spacial score (nSPS) is 20.9. The smallest absolute Gasteiger partial charge is 0.408 e. The van der Waals surface area contributed by atoms with Crippen LogP contribution in [0.4, 0.5) is 29.3 Å². The van der Waals surface area contributed by atoms with Crippen LogP contribution in [-0.2, 0) is 15.6 Å². The first kappa shape index (κ1) is 38.2. The Labute approximate surface area is 298 Å². The number of fused-ring (bicyclic) bond motifs is 1. The molecule has 2 aromatic heterocycles. The van der Waals surface area contributed by atoms with Crippen LogP contribution in [0.15, 0.2) is 36.5 Å². The third-order valence-corrected chi connectivity index (χ3v) is 14.3. The van der Waals surface area contributed by atoms with Crippen LogP contribution in [0.1, 0.15) is 82.7 Å². The molecule has 0 spiro atoms. The molecular formula is C37H48F3N5O5Si. The van der Waals surface area contributed by atoms with Crippen molar-refractivity contribution in [1.82, 2.24) is 15.3 Å². The van der Waals surface area contributed by atoms with E-state index in [9.17, 15) is 27.9 Å². The van der Waals surface area contributed by atoms with Gasteiger partial charge in [-0.1, -0.05) is 33.8 Å². The van der Waals surface area contributed by atoms with Crippen LogP contribution in [0.5, 0.6) is 0 Å². The van der Waals surface area contributed by atoms with Crippen molar-refractivity contribution in [2.45, 2.75) is 103 Å². The summed E-state index contributed by atoms with van der Waals surface area (Å²) in [5.74, 6) is -4.09. The van der Waals surface area contributed by atoms with Gasteiger partial charge in [0.05, 0.1) is 47.1 Å². The van der Waals surface area contributed by atoms with E-state index >= 15 is 0 Å². The molecule has 1 aromatic carbocycles. The number of ether oxygens (including phenoxy) is 1. The monoisotopic (exact) mass is 727 g/mol. The summed E-state index contributed by atoms with van der Waals surface area (Å²) in [6.45, 7) is 18.6. The molecular weight excluding hydrogens is 680 g/mol. The highest BCUT2D eigenvalue weighted by molar-refractivity contribution is 6.74. The summed E-state index contributed by atoms with van der Waals surface area (Å²) in [6.07, 6.45) is 0.973. The molecule has 14 heteroatoms. The van der Waals surface area contributed by atoms with E-state index in [-0.39, 0.29) is 29.3 Å². The van der Waals surface area contributed by atoms with Crippen LogP contribution < -0.4 is 15.5 Å². The van der Waals surface area contributed by atoms with Crippen molar-refractivity contribution in [3.63, 3.8) is 0 Å². The number of alkyl carbamates (subject to hydrolysis) is 1. The van der Waals surface area contributed by atoms with Gasteiger partial charge in [0.15, 0.2) is 8.32 Å². The van der Waals surface area contributed by atoms with Crippen LogP contribution in [0.25, 0.3) is 11.3 Å². The van der Waals surface area contributed by atoms with Gasteiger partial charge in [0.2, 0.25) is 0 Å². The zero-order valence-electron chi connectivity index (χ0n) is 30.7. The second-order valence-corrected chi connectivity index (χ2v) is 20.7. The minimum absolute atomic E-state index is 0.0436. The number of anilines is 2. The molecule has 1 unspecified atom stereocenters. The third-order valence-electron chi connectivity index (χ3n) is 9.85. The minimum atomic E-state index is -2.20. The number of rotatable bonds is 7. The standard InChI is InChI=1S/C37H48F3N5O5Si/c1-20-18-45(19-27(33(20)46)44-35(48)49-36(2,3)4)32-21-13-16-28(50-51(8,9)37(5,6)7)30(21)41-17-26(32)43-34(47)25-15-14-24(40)31(42-25)29-22(38)11-10-12-23(29)39/h10-12,14-15,17,20,27-28,33,46H,13,16,18-19H2,1-9H3,(H,43,47)(H,44,48)/t20-,27+,28?,33+/m0/s1. The Morgan fingerprint density at radius 2 is 1.67 bits per heavy atom. The molecule has 1 fully saturated rings. The van der Waals surface area contributed by atoms with E-state index in [1.807, 2.05) is 11.8 Å². The molecule has 5 rings (SSSR count). The molecule has 10 nitrogen and oxygen atoms in total. The summed E-state index contributed by atoms with van der Waals surface area (Å²) in [6, 6.07) is 4.48. The number of carbonyl (C=O) groups excluding carboxylic acids is 2. The van der Waals surface area contributed by atoms with Crippen molar-refractivity contribution in [2.75, 3.05) is 23.3 Å². The van der Waals surface area contributed by atoms with Gasteiger partial charge in [-0.05, 0) is 76.0 Å². The highest BCUT2D eigenvalue weighted by Gasteiger charge is 2.43. The van der Waals surface area contributed by atoms with Gasteiger partial charge in [-0.15, -0.1) is 0 Å². The van der Waals surface area contributed by atoms with Crippen molar-refractivity contribution < 1.29 is 37.0 Å². The largest absolute Gasteiger partial charge is 0.444 e. The average Bonchev–Trinajstić information content (AvgIpc) is 3.40. The Morgan fingerprint density at radius 1 is 1.00 bits per heavy atom. The first-order valence-electron chi connectivity index (χ1n) is 17.2. The maximum atomic E-state index is 14.9. The van der Waals surface area contributed by atoms with Gasteiger partial charge < -0.3 is 29.8 Å². The lowest BCUT2D eigenvalue weighted by Crippen LogP contribution is -2.59. The highest BCUT2D eigenvalue weighted by Crippen LogP contribution is 2.47. The fraction of sp³-hybridized carbons (Fsp3) is 0.514. The van der Waals surface area contributed by atoms with E-state index in [1.54, 1.807) is 20.8 Å². The Morgan fingerprint density at radius 3 is 2.29 bits per heavy atom. The number of benzene rings is 1. The molecule has 0 saturated carbocycles. The predicted octanol–water partition coefficient (Wildman–Crippen LogP) is 7.53. The van der Waals surface area contributed by atoms with Crippen molar-refractivity contribution in [3.05, 3.63) is 70.9 Å². The summed E-state index contributed by atoms with van der Waals surface area (Å²) >= 11 is 0. The molecule has 3 heterocycles. The van der Waals surface area contributed by atoms with E-state index in [1.165, 1.54) is 6.20 Å². The second-order valence-electron chi connectivity index (χ2n) is 16.0. The second kappa shape index (κ2) is 14.2. The number of amides is 2. The lowest BCUT2D eigenvalue weighted by Gasteiger charge is -2.43. The van der Waals surface area contributed by atoms with Crippen LogP contribution >= 0.6 is 0 Å². The molecule has 1 saturated heterocycles. The van der Waals surface area contributed by atoms with Gasteiger partial charge in [-0.25, -0.2) is 22.9 Å². The lowest BCUT2D eigenvalue weighted by atomic mass is 9.91. The van der Waals surface area contributed by atoms with Crippen LogP contribution in [0, 0.1) is 23.4 Å². The number of nitrogens with zero attached hydrogens (tertiary/aromatic N) is 3. The van der Waals surface area contributed by atoms with E-state index in [0.717, 1.165) is 41.6 Å². The molecule has 276 valence electrons. The summed E-state index contributed by atoms with van der Waals surface area (Å²) in [7, 11) is -2.20. The Kier molecular flexibility index (Phi) is 10.6. The molecule has 51 heavy (non-hydrogen) atoms. The number of pyridine rings is 2. The van der Waals surface area contributed by atoms with Crippen molar-refractivity contribution in [1.29, 1.82) is 0 Å². The predicted molar refractivity (Wildman–Crippen MR) is 192 cm³/mol. The fourth-order valence-corrected chi connectivity index (χ4v) is 7.59. The zero-order chi connectivity index (χ0) is 37.6. The number of aliphatic hydroxyl groups is 1. The van der Waals surface area contributed by atoms with Gasteiger partial charge in [-0.3, -0.25) is 9.78 Å². The Balaban J connectivity index is 1.54. The maximum absolute atomic E-state index is 14.9. The lowest BCUT2D eigenvalue weighted by molar-refractivity contribution is 0.0303. The van der Waals surface area contributed by atoms with Gasteiger partial charge in [0, 0.05) is 24.6 Å². The van der Waals surface area contributed by atoms with Crippen molar-refractivity contribution in [3.8, 4) is 11.3 Å². The van der Waals surface area contributed by atoms with E-state index in [2.05, 4.69) is 49.5 Å². The summed E-state index contributed by atoms with van der Waals surface area (Å²) in [4.78, 5) is 37.4. The first-order valence-corrected chi connectivity index (χ1v) is 20.1. The van der Waals surface area contributed by atoms with Crippen molar-refractivity contribution in [2.24, 2.45) is 5.92 Å². The van der Waals surface area contributed by atoms with Gasteiger partial charge in [-0.2, -0.15) is 0 Å². The number of aromatic nitrogens is 2.